The molecule has 0 saturated heterocycles. The van der Waals surface area contributed by atoms with E-state index in [2.05, 4.69) is 61.3 Å². The summed E-state index contributed by atoms with van der Waals surface area (Å²) in [6.45, 7) is 0. The highest BCUT2D eigenvalue weighted by Gasteiger charge is 2.10. The van der Waals surface area contributed by atoms with E-state index in [4.69, 9.17) is 0 Å². The molecule has 5 heteroatoms. The van der Waals surface area contributed by atoms with Gasteiger partial charge < -0.3 is 0 Å². The van der Waals surface area contributed by atoms with Gasteiger partial charge in [-0.1, -0.05) is 30.3 Å². The molecular formula is C31H21N5. The number of rotatable bonds is 5. The average Bonchev–Trinajstić information content (AvgIpc) is 2.98. The van der Waals surface area contributed by atoms with Crippen molar-refractivity contribution < 1.29 is 0 Å². The van der Waals surface area contributed by atoms with Crippen LogP contribution in [0.25, 0.3) is 56.2 Å². The van der Waals surface area contributed by atoms with Gasteiger partial charge in [-0.3, -0.25) is 24.9 Å². The smallest absolute Gasteiger partial charge is 0.0886 e. The van der Waals surface area contributed by atoms with Crippen molar-refractivity contribution in [2.24, 2.45) is 0 Å². The molecule has 0 unspecified atom stereocenters. The van der Waals surface area contributed by atoms with Crippen LogP contribution >= 0.6 is 0 Å². The molecule has 0 spiro atoms. The van der Waals surface area contributed by atoms with Crippen LogP contribution in [0, 0.1) is 0 Å². The zero-order chi connectivity index (χ0) is 24.2. The molecule has 0 aliphatic carbocycles. The third-order valence-electron chi connectivity index (χ3n) is 5.98. The summed E-state index contributed by atoms with van der Waals surface area (Å²) < 4.78 is 0. The maximum absolute atomic E-state index is 4.68. The number of hydrogen-bond acceptors (Lipinski definition) is 5. The first-order valence-electron chi connectivity index (χ1n) is 11.6. The first-order chi connectivity index (χ1) is 17.8. The molecule has 6 aromatic rings. The van der Waals surface area contributed by atoms with Gasteiger partial charge in [-0.2, -0.15) is 0 Å². The van der Waals surface area contributed by atoms with Crippen LogP contribution in [0.2, 0.25) is 0 Å². The molecule has 5 aromatic heterocycles. The summed E-state index contributed by atoms with van der Waals surface area (Å²) in [5.41, 5.74) is 9.73. The maximum atomic E-state index is 4.68. The van der Waals surface area contributed by atoms with Crippen LogP contribution in [0.15, 0.2) is 128 Å². The highest BCUT2D eigenvalue weighted by molar-refractivity contribution is 5.81. The standard InChI is InChI=1S/C31H21N5/c1-3-14-33-28(7-1)30-11-9-23(20-35-30)26-16-25(22-6-5-13-32-19-22)17-27(18-26)24-10-12-31(36-21-24)29-8-2-4-15-34-29/h1-21H. The van der Waals surface area contributed by atoms with Crippen LogP contribution in [-0.4, -0.2) is 24.9 Å². The molecule has 1 aromatic carbocycles. The second kappa shape index (κ2) is 9.68. The Labute approximate surface area is 209 Å². The molecule has 0 aliphatic rings. The van der Waals surface area contributed by atoms with E-state index < -0.39 is 0 Å². The first-order valence-corrected chi connectivity index (χ1v) is 11.6. The lowest BCUT2D eigenvalue weighted by Gasteiger charge is -2.11. The van der Waals surface area contributed by atoms with Crippen molar-refractivity contribution in [3.8, 4) is 56.2 Å². The molecule has 0 fully saturated rings. The second-order valence-corrected chi connectivity index (χ2v) is 8.33. The highest BCUT2D eigenvalue weighted by Crippen LogP contribution is 2.33. The third-order valence-corrected chi connectivity index (χ3v) is 5.98. The van der Waals surface area contributed by atoms with Gasteiger partial charge in [0.15, 0.2) is 0 Å². The van der Waals surface area contributed by atoms with E-state index in [-0.39, 0.29) is 0 Å². The molecule has 0 radical (unpaired) electrons. The van der Waals surface area contributed by atoms with Crippen LogP contribution < -0.4 is 0 Å². The SMILES string of the molecule is c1ccc(-c2ccc(-c3cc(-c4cccnc4)cc(-c4ccc(-c5ccccn5)nc4)c3)cn2)nc1. The van der Waals surface area contributed by atoms with Crippen LogP contribution in [-0.2, 0) is 0 Å². The molecule has 0 N–H and O–H groups in total. The quantitative estimate of drug-likeness (QED) is 0.275. The fraction of sp³-hybridized carbons (Fsp3) is 0. The Kier molecular flexibility index (Phi) is 5.78. The van der Waals surface area contributed by atoms with Crippen LogP contribution in [0.3, 0.4) is 0 Å². The molecule has 170 valence electrons. The monoisotopic (exact) mass is 463 g/mol. The van der Waals surface area contributed by atoms with Gasteiger partial charge in [0.1, 0.15) is 0 Å². The Morgan fingerprint density at radius 2 is 0.833 bits per heavy atom. The number of hydrogen-bond donors (Lipinski definition) is 0. The lowest BCUT2D eigenvalue weighted by Crippen LogP contribution is -1.91. The number of pyridine rings is 5. The summed E-state index contributed by atoms with van der Waals surface area (Å²) in [7, 11) is 0. The van der Waals surface area contributed by atoms with Gasteiger partial charge in [0.2, 0.25) is 0 Å². The summed E-state index contributed by atoms with van der Waals surface area (Å²) in [6, 6.07) is 30.4. The zero-order valence-electron chi connectivity index (χ0n) is 19.4. The summed E-state index contributed by atoms with van der Waals surface area (Å²) in [4.78, 5) is 22.5. The van der Waals surface area contributed by atoms with Gasteiger partial charge in [0.05, 0.1) is 22.8 Å². The van der Waals surface area contributed by atoms with Crippen molar-refractivity contribution in [1.82, 2.24) is 24.9 Å². The molecule has 5 heterocycles. The molecule has 0 aliphatic heterocycles. The molecule has 36 heavy (non-hydrogen) atoms. The Bertz CT molecular complexity index is 1480. The molecular weight excluding hydrogens is 442 g/mol. The van der Waals surface area contributed by atoms with Gasteiger partial charge in [-0.05, 0) is 77.4 Å². The Balaban J connectivity index is 1.41. The van der Waals surface area contributed by atoms with Crippen molar-refractivity contribution in [2.75, 3.05) is 0 Å². The van der Waals surface area contributed by atoms with Crippen molar-refractivity contribution in [2.45, 2.75) is 0 Å². The third kappa shape index (κ3) is 4.50. The molecule has 5 nitrogen and oxygen atoms in total. The minimum Gasteiger partial charge on any atom is -0.264 e. The largest absolute Gasteiger partial charge is 0.264 e. The molecule has 0 amide bonds. The molecule has 0 bridgehead atoms. The van der Waals surface area contributed by atoms with Crippen molar-refractivity contribution in [1.29, 1.82) is 0 Å². The summed E-state index contributed by atoms with van der Waals surface area (Å²) in [5, 5.41) is 0. The van der Waals surface area contributed by atoms with Crippen molar-refractivity contribution in [3.63, 3.8) is 0 Å². The predicted octanol–water partition coefficient (Wildman–Crippen LogP) is 7.00. The van der Waals surface area contributed by atoms with E-state index in [0.29, 0.717) is 0 Å². The van der Waals surface area contributed by atoms with E-state index in [1.807, 2.05) is 73.2 Å². The lowest BCUT2D eigenvalue weighted by atomic mass is 9.94. The van der Waals surface area contributed by atoms with E-state index in [9.17, 15) is 0 Å². The van der Waals surface area contributed by atoms with Gasteiger partial charge in [-0.15, -0.1) is 0 Å². The van der Waals surface area contributed by atoms with Gasteiger partial charge in [-0.25, -0.2) is 0 Å². The van der Waals surface area contributed by atoms with E-state index in [1.54, 1.807) is 18.6 Å². The predicted molar refractivity (Wildman–Crippen MR) is 143 cm³/mol. The Morgan fingerprint density at radius 3 is 1.22 bits per heavy atom. The minimum absolute atomic E-state index is 0.845. The van der Waals surface area contributed by atoms with Crippen LogP contribution in [0.1, 0.15) is 0 Å². The Hall–Kier alpha value is -5.03. The highest BCUT2D eigenvalue weighted by atomic mass is 14.8. The van der Waals surface area contributed by atoms with E-state index >= 15 is 0 Å². The molecule has 0 saturated carbocycles. The maximum Gasteiger partial charge on any atom is 0.0886 e. The first kappa shape index (κ1) is 21.5. The van der Waals surface area contributed by atoms with Gasteiger partial charge in [0.25, 0.3) is 0 Å². The zero-order valence-corrected chi connectivity index (χ0v) is 19.4. The summed E-state index contributed by atoms with van der Waals surface area (Å²) >= 11 is 0. The lowest BCUT2D eigenvalue weighted by molar-refractivity contribution is 1.25. The van der Waals surface area contributed by atoms with Crippen LogP contribution in [0.4, 0.5) is 0 Å². The molecule has 6 rings (SSSR count). The normalized spacial score (nSPS) is 10.8. The summed E-state index contributed by atoms with van der Waals surface area (Å²) in [6.07, 6.45) is 11.0. The van der Waals surface area contributed by atoms with Crippen molar-refractivity contribution in [3.05, 3.63) is 128 Å². The van der Waals surface area contributed by atoms with E-state index in [1.165, 1.54) is 0 Å². The van der Waals surface area contributed by atoms with Crippen LogP contribution in [0.5, 0.6) is 0 Å². The second-order valence-electron chi connectivity index (χ2n) is 8.33. The number of nitrogens with zero attached hydrogens (tertiary/aromatic N) is 5. The Morgan fingerprint density at radius 1 is 0.333 bits per heavy atom. The molecule has 0 atom stereocenters. The van der Waals surface area contributed by atoms with Crippen molar-refractivity contribution >= 4 is 0 Å². The van der Waals surface area contributed by atoms with Gasteiger partial charge in [0, 0.05) is 53.9 Å². The van der Waals surface area contributed by atoms with E-state index in [0.717, 1.165) is 56.2 Å². The summed E-state index contributed by atoms with van der Waals surface area (Å²) in [5.74, 6) is 0. The number of aromatic nitrogens is 5. The fourth-order valence-corrected chi connectivity index (χ4v) is 4.12. The van der Waals surface area contributed by atoms with Gasteiger partial charge >= 0.3 is 0 Å². The number of benzene rings is 1. The minimum atomic E-state index is 0.845. The average molecular weight is 464 g/mol. The topological polar surface area (TPSA) is 64.5 Å². The fourth-order valence-electron chi connectivity index (χ4n) is 4.12.